The molecule has 0 unspecified atom stereocenters. The first kappa shape index (κ1) is 20.1. The number of nitrogens with zero attached hydrogens (tertiary/aromatic N) is 2. The van der Waals surface area contributed by atoms with E-state index in [0.29, 0.717) is 15.6 Å². The molecule has 0 aliphatic heterocycles. The molecule has 0 spiro atoms. The summed E-state index contributed by atoms with van der Waals surface area (Å²) in [6.07, 6.45) is 2.82. The lowest BCUT2D eigenvalue weighted by Gasteiger charge is -2.04. The molecule has 3 rings (SSSR count). The highest BCUT2D eigenvalue weighted by Gasteiger charge is 2.25. The standard InChI is InChI=1S/C16H11Cl2N3O3S3/c1-8-2-3-25-13(8)7-20-15(22)12-4-11(21(23)24)16(26-12)27-14-9(17)5-19-6-10(14)18/h2-6H,7H2,1H3,(H,20,22). The Labute approximate surface area is 176 Å². The molecule has 3 aromatic heterocycles. The van der Waals surface area contributed by atoms with Gasteiger partial charge in [0.25, 0.3) is 11.6 Å². The van der Waals surface area contributed by atoms with Gasteiger partial charge < -0.3 is 5.32 Å². The summed E-state index contributed by atoms with van der Waals surface area (Å²) in [4.78, 5) is 28.9. The van der Waals surface area contributed by atoms with Crippen LogP contribution in [0.25, 0.3) is 0 Å². The van der Waals surface area contributed by atoms with Crippen LogP contribution in [-0.2, 0) is 6.54 Å². The molecule has 3 aromatic rings. The molecule has 140 valence electrons. The summed E-state index contributed by atoms with van der Waals surface area (Å²) in [7, 11) is 0. The van der Waals surface area contributed by atoms with E-state index in [1.165, 1.54) is 18.5 Å². The molecule has 0 aliphatic carbocycles. The zero-order valence-corrected chi connectivity index (χ0v) is 17.7. The van der Waals surface area contributed by atoms with Crippen LogP contribution in [0.2, 0.25) is 10.0 Å². The minimum Gasteiger partial charge on any atom is -0.346 e. The third-order valence-corrected chi connectivity index (χ3v) is 7.76. The van der Waals surface area contributed by atoms with E-state index in [1.54, 1.807) is 11.3 Å². The van der Waals surface area contributed by atoms with Crippen molar-refractivity contribution >= 4 is 69.2 Å². The number of carbonyl (C=O) groups is 1. The average molecular weight is 460 g/mol. The molecule has 0 radical (unpaired) electrons. The quantitative estimate of drug-likeness (QED) is 0.371. The van der Waals surface area contributed by atoms with Crippen LogP contribution < -0.4 is 5.32 Å². The fourth-order valence-corrected chi connectivity index (χ4v) is 5.72. The van der Waals surface area contributed by atoms with E-state index in [4.69, 9.17) is 23.2 Å². The number of aromatic nitrogens is 1. The van der Waals surface area contributed by atoms with Crippen molar-refractivity contribution in [3.8, 4) is 0 Å². The van der Waals surface area contributed by atoms with Gasteiger partial charge in [-0.2, -0.15) is 0 Å². The van der Waals surface area contributed by atoms with Gasteiger partial charge in [0, 0.05) is 23.3 Å². The fourth-order valence-electron chi connectivity index (χ4n) is 2.10. The van der Waals surface area contributed by atoms with E-state index < -0.39 is 4.92 Å². The summed E-state index contributed by atoms with van der Waals surface area (Å²) < 4.78 is 0.326. The first-order valence-electron chi connectivity index (χ1n) is 7.43. The zero-order valence-electron chi connectivity index (χ0n) is 13.7. The number of amides is 1. The maximum atomic E-state index is 12.4. The molecule has 0 saturated carbocycles. The van der Waals surface area contributed by atoms with Crippen molar-refractivity contribution in [2.45, 2.75) is 22.6 Å². The second-order valence-corrected chi connectivity index (χ2v) is 9.43. The monoisotopic (exact) mass is 459 g/mol. The van der Waals surface area contributed by atoms with Crippen LogP contribution in [0, 0.1) is 17.0 Å². The number of halogens is 2. The summed E-state index contributed by atoms with van der Waals surface area (Å²) in [5.41, 5.74) is 0.932. The van der Waals surface area contributed by atoms with Crippen LogP contribution in [0.1, 0.15) is 20.1 Å². The highest BCUT2D eigenvalue weighted by molar-refractivity contribution is 8.01. The normalized spacial score (nSPS) is 10.8. The highest BCUT2D eigenvalue weighted by atomic mass is 35.5. The second-order valence-electron chi connectivity index (χ2n) is 5.28. The minimum atomic E-state index is -0.526. The molecule has 1 N–H and O–H groups in total. The predicted molar refractivity (Wildman–Crippen MR) is 110 cm³/mol. The summed E-state index contributed by atoms with van der Waals surface area (Å²) >= 11 is 15.8. The topological polar surface area (TPSA) is 85.1 Å². The Morgan fingerprint density at radius 2 is 2.07 bits per heavy atom. The molecule has 27 heavy (non-hydrogen) atoms. The van der Waals surface area contributed by atoms with Crippen molar-refractivity contribution in [3.63, 3.8) is 0 Å². The zero-order chi connectivity index (χ0) is 19.6. The summed E-state index contributed by atoms with van der Waals surface area (Å²) in [5.74, 6) is -0.366. The van der Waals surface area contributed by atoms with E-state index >= 15 is 0 Å². The molecule has 11 heteroatoms. The number of pyridine rings is 1. The van der Waals surface area contributed by atoms with Crippen molar-refractivity contribution in [1.82, 2.24) is 10.3 Å². The van der Waals surface area contributed by atoms with Gasteiger partial charge in [-0.1, -0.05) is 35.0 Å². The van der Waals surface area contributed by atoms with Gasteiger partial charge in [-0.15, -0.1) is 22.7 Å². The van der Waals surface area contributed by atoms with Gasteiger partial charge in [-0.25, -0.2) is 0 Å². The van der Waals surface area contributed by atoms with Crippen LogP contribution in [0.5, 0.6) is 0 Å². The van der Waals surface area contributed by atoms with E-state index in [9.17, 15) is 14.9 Å². The molecule has 0 saturated heterocycles. The Kier molecular flexibility index (Phi) is 6.38. The lowest BCUT2D eigenvalue weighted by atomic mass is 10.3. The van der Waals surface area contributed by atoms with Crippen molar-refractivity contribution in [1.29, 1.82) is 0 Å². The molecule has 1 amide bonds. The molecular formula is C16H11Cl2N3O3S3. The van der Waals surface area contributed by atoms with Crippen LogP contribution in [0.15, 0.2) is 39.0 Å². The number of aryl methyl sites for hydroxylation is 1. The summed E-state index contributed by atoms with van der Waals surface area (Å²) in [6, 6.07) is 3.24. The number of rotatable bonds is 6. The SMILES string of the molecule is Cc1ccsc1CNC(=O)c1cc([N+](=O)[O-])c(Sc2c(Cl)cncc2Cl)s1. The lowest BCUT2D eigenvalue weighted by molar-refractivity contribution is -0.387. The Balaban J connectivity index is 1.83. The smallest absolute Gasteiger partial charge is 0.294 e. The van der Waals surface area contributed by atoms with Gasteiger partial charge >= 0.3 is 0 Å². The molecule has 0 fully saturated rings. The summed E-state index contributed by atoms with van der Waals surface area (Å²) in [5, 5.41) is 16.7. The minimum absolute atomic E-state index is 0.161. The van der Waals surface area contributed by atoms with Crippen LogP contribution in [0.3, 0.4) is 0 Å². The number of carbonyl (C=O) groups excluding carboxylic acids is 1. The van der Waals surface area contributed by atoms with Crippen LogP contribution in [0.4, 0.5) is 5.69 Å². The van der Waals surface area contributed by atoms with E-state index in [-0.39, 0.29) is 26.5 Å². The molecule has 3 heterocycles. The Bertz CT molecular complexity index is 999. The number of hydrogen-bond acceptors (Lipinski definition) is 7. The van der Waals surface area contributed by atoms with E-state index in [0.717, 1.165) is 33.5 Å². The van der Waals surface area contributed by atoms with Gasteiger partial charge in [0.15, 0.2) is 0 Å². The van der Waals surface area contributed by atoms with Crippen molar-refractivity contribution in [2.75, 3.05) is 0 Å². The van der Waals surface area contributed by atoms with Crippen molar-refractivity contribution in [2.24, 2.45) is 0 Å². The molecule has 0 atom stereocenters. The third kappa shape index (κ3) is 4.61. The van der Waals surface area contributed by atoms with E-state index in [1.807, 2.05) is 18.4 Å². The molecule has 6 nitrogen and oxygen atoms in total. The average Bonchev–Trinajstić information content (AvgIpc) is 3.22. The van der Waals surface area contributed by atoms with E-state index in [2.05, 4.69) is 10.3 Å². The lowest BCUT2D eigenvalue weighted by Crippen LogP contribution is -2.21. The Hall–Kier alpha value is -1.65. The van der Waals surface area contributed by atoms with Gasteiger partial charge in [-0.3, -0.25) is 19.9 Å². The number of hydrogen-bond donors (Lipinski definition) is 1. The summed E-state index contributed by atoms with van der Waals surface area (Å²) in [6.45, 7) is 2.34. The van der Waals surface area contributed by atoms with Crippen molar-refractivity contribution < 1.29 is 9.72 Å². The second kappa shape index (κ2) is 8.57. The number of nitrogens with one attached hydrogen (secondary N) is 1. The fraction of sp³-hybridized carbons (Fsp3) is 0.125. The van der Waals surface area contributed by atoms with Gasteiger partial charge in [-0.05, 0) is 23.9 Å². The first-order valence-corrected chi connectivity index (χ1v) is 10.7. The maximum absolute atomic E-state index is 12.4. The largest absolute Gasteiger partial charge is 0.346 e. The molecule has 0 aliphatic rings. The Morgan fingerprint density at radius 1 is 1.37 bits per heavy atom. The van der Waals surface area contributed by atoms with Gasteiger partial charge in [0.1, 0.15) is 9.09 Å². The molecular weight excluding hydrogens is 449 g/mol. The van der Waals surface area contributed by atoms with Gasteiger partial charge in [0.05, 0.1) is 26.4 Å². The predicted octanol–water partition coefficient (Wildman–Crippen LogP) is 5.81. The van der Waals surface area contributed by atoms with Crippen molar-refractivity contribution in [3.05, 3.63) is 65.4 Å². The Morgan fingerprint density at radius 3 is 2.67 bits per heavy atom. The number of thiophene rings is 2. The first-order chi connectivity index (χ1) is 12.9. The van der Waals surface area contributed by atoms with Crippen LogP contribution in [-0.4, -0.2) is 15.8 Å². The third-order valence-electron chi connectivity index (χ3n) is 3.48. The van der Waals surface area contributed by atoms with Gasteiger partial charge in [0.2, 0.25) is 0 Å². The molecule has 0 aromatic carbocycles. The maximum Gasteiger partial charge on any atom is 0.294 e. The number of nitro groups is 1. The van der Waals surface area contributed by atoms with Crippen LogP contribution >= 0.6 is 57.6 Å². The molecule has 0 bridgehead atoms. The highest BCUT2D eigenvalue weighted by Crippen LogP contribution is 2.45.